The van der Waals surface area contributed by atoms with Gasteiger partial charge in [0.1, 0.15) is 12.2 Å². The molecule has 1 unspecified atom stereocenters. The molecule has 0 aliphatic heterocycles. The Kier molecular flexibility index (Phi) is 6.58. The van der Waals surface area contributed by atoms with Crippen LogP contribution in [0.5, 0.6) is 0 Å². The zero-order valence-corrected chi connectivity index (χ0v) is 9.54. The van der Waals surface area contributed by atoms with Crippen molar-refractivity contribution < 1.29 is 19.1 Å². The van der Waals surface area contributed by atoms with Crippen molar-refractivity contribution in [2.24, 2.45) is 0 Å². The summed E-state index contributed by atoms with van der Waals surface area (Å²) < 4.78 is 4.91. The maximum Gasteiger partial charge on any atom is 0.313 e. The summed E-state index contributed by atoms with van der Waals surface area (Å²) in [5, 5.41) is 0. The predicted octanol–water partition coefficient (Wildman–Crippen LogP) is 1.66. The topological polar surface area (TPSA) is 60.4 Å². The Balaban J connectivity index is 3.86. The number of hydrogen-bond donors (Lipinski definition) is 0. The highest BCUT2D eigenvalue weighted by Crippen LogP contribution is 2.01. The second-order valence-electron chi connectivity index (χ2n) is 3.49. The Hall–Kier alpha value is -1.19. The van der Waals surface area contributed by atoms with E-state index >= 15 is 0 Å². The third-order valence-corrected chi connectivity index (χ3v) is 2.04. The van der Waals surface area contributed by atoms with Gasteiger partial charge in [0.2, 0.25) is 0 Å². The second-order valence-corrected chi connectivity index (χ2v) is 3.49. The lowest BCUT2D eigenvalue weighted by Gasteiger charge is -2.09. The molecule has 0 aliphatic carbocycles. The lowest BCUT2D eigenvalue weighted by atomic mass is 10.1. The lowest BCUT2D eigenvalue weighted by molar-refractivity contribution is -0.150. The first-order chi connectivity index (χ1) is 6.99. The molecule has 0 spiro atoms. The average molecular weight is 214 g/mol. The molecule has 0 N–H and O–H groups in total. The van der Waals surface area contributed by atoms with Crippen LogP contribution in [0, 0.1) is 0 Å². The predicted molar refractivity (Wildman–Crippen MR) is 55.4 cm³/mol. The van der Waals surface area contributed by atoms with E-state index in [9.17, 15) is 14.4 Å². The van der Waals surface area contributed by atoms with Crippen molar-refractivity contribution in [3.8, 4) is 0 Å². The Morgan fingerprint density at radius 3 is 2.13 bits per heavy atom. The van der Waals surface area contributed by atoms with Crippen molar-refractivity contribution in [3.05, 3.63) is 0 Å². The molecule has 0 saturated carbocycles. The van der Waals surface area contributed by atoms with E-state index in [2.05, 4.69) is 0 Å². The van der Waals surface area contributed by atoms with E-state index in [4.69, 9.17) is 4.74 Å². The van der Waals surface area contributed by atoms with Gasteiger partial charge in [-0.1, -0.05) is 13.8 Å². The fraction of sp³-hybridized carbons (Fsp3) is 0.727. The van der Waals surface area contributed by atoms with Crippen molar-refractivity contribution in [1.82, 2.24) is 0 Å². The van der Waals surface area contributed by atoms with Gasteiger partial charge < -0.3 is 4.74 Å². The smallest absolute Gasteiger partial charge is 0.313 e. The number of Topliss-reactive ketones (excluding diaryl/α,β-unsaturated/α-hetero) is 2. The quantitative estimate of drug-likeness (QED) is 0.477. The standard InChI is InChI=1S/C11H18O4/c1-4-8(3)15-11(14)7-10(13)6-9(12)5-2/h8H,4-7H2,1-3H3. The fourth-order valence-corrected chi connectivity index (χ4v) is 0.918. The first-order valence-electron chi connectivity index (χ1n) is 5.22. The van der Waals surface area contributed by atoms with E-state index in [0.717, 1.165) is 0 Å². The number of ketones is 2. The van der Waals surface area contributed by atoms with E-state index in [1.807, 2.05) is 6.92 Å². The van der Waals surface area contributed by atoms with Crippen LogP contribution in [-0.2, 0) is 19.1 Å². The molecule has 0 saturated heterocycles. The van der Waals surface area contributed by atoms with E-state index in [1.54, 1.807) is 13.8 Å². The second kappa shape index (κ2) is 7.15. The van der Waals surface area contributed by atoms with Crippen LogP contribution >= 0.6 is 0 Å². The van der Waals surface area contributed by atoms with E-state index in [0.29, 0.717) is 12.8 Å². The summed E-state index contributed by atoms with van der Waals surface area (Å²) in [5.41, 5.74) is 0. The number of carbonyl (C=O) groups excluding carboxylic acids is 3. The van der Waals surface area contributed by atoms with Gasteiger partial charge in [0.25, 0.3) is 0 Å². The van der Waals surface area contributed by atoms with Crippen LogP contribution in [0.1, 0.15) is 46.5 Å². The number of rotatable bonds is 7. The Bertz CT molecular complexity index is 245. The minimum atomic E-state index is -0.543. The van der Waals surface area contributed by atoms with Crippen LogP contribution in [0.25, 0.3) is 0 Å². The van der Waals surface area contributed by atoms with Gasteiger partial charge in [0.05, 0.1) is 12.5 Å². The third kappa shape index (κ3) is 6.82. The monoisotopic (exact) mass is 214 g/mol. The Labute approximate surface area is 90.0 Å². The van der Waals surface area contributed by atoms with Gasteiger partial charge in [-0.05, 0) is 13.3 Å². The molecule has 0 aliphatic rings. The summed E-state index contributed by atoms with van der Waals surface area (Å²) in [4.78, 5) is 33.2. The average Bonchev–Trinajstić information content (AvgIpc) is 2.16. The SMILES string of the molecule is CCC(=O)CC(=O)CC(=O)OC(C)CC. The first-order valence-corrected chi connectivity index (χ1v) is 5.22. The molecular formula is C11H18O4. The summed E-state index contributed by atoms with van der Waals surface area (Å²) >= 11 is 0. The van der Waals surface area contributed by atoms with Crippen LogP contribution in [0.4, 0.5) is 0 Å². The van der Waals surface area contributed by atoms with Gasteiger partial charge in [0.15, 0.2) is 5.78 Å². The van der Waals surface area contributed by atoms with E-state index < -0.39 is 5.97 Å². The molecule has 0 aromatic heterocycles. The molecule has 0 rings (SSSR count). The third-order valence-electron chi connectivity index (χ3n) is 2.04. The van der Waals surface area contributed by atoms with Gasteiger partial charge >= 0.3 is 5.97 Å². The van der Waals surface area contributed by atoms with Crippen LogP contribution in [-0.4, -0.2) is 23.6 Å². The normalized spacial score (nSPS) is 11.9. The lowest BCUT2D eigenvalue weighted by Crippen LogP contribution is -2.18. The van der Waals surface area contributed by atoms with Crippen LogP contribution in [0.2, 0.25) is 0 Å². The zero-order valence-electron chi connectivity index (χ0n) is 9.54. The van der Waals surface area contributed by atoms with Gasteiger partial charge in [-0.15, -0.1) is 0 Å². The molecule has 1 atom stereocenters. The summed E-state index contributed by atoms with van der Waals surface area (Å²) in [6, 6.07) is 0. The minimum Gasteiger partial charge on any atom is -0.462 e. The molecule has 15 heavy (non-hydrogen) atoms. The van der Waals surface area contributed by atoms with E-state index in [1.165, 1.54) is 0 Å². The first kappa shape index (κ1) is 13.8. The Morgan fingerprint density at radius 2 is 1.67 bits per heavy atom. The fourth-order valence-electron chi connectivity index (χ4n) is 0.918. The largest absolute Gasteiger partial charge is 0.462 e. The van der Waals surface area contributed by atoms with Crippen LogP contribution in [0.3, 0.4) is 0 Å². The van der Waals surface area contributed by atoms with Gasteiger partial charge in [-0.3, -0.25) is 14.4 Å². The van der Waals surface area contributed by atoms with Crippen molar-refractivity contribution in [1.29, 1.82) is 0 Å². The number of ether oxygens (including phenoxy) is 1. The van der Waals surface area contributed by atoms with Crippen LogP contribution in [0.15, 0.2) is 0 Å². The summed E-state index contributed by atoms with van der Waals surface area (Å²) in [5.74, 6) is -1.05. The molecule has 0 aromatic rings. The Morgan fingerprint density at radius 1 is 1.07 bits per heavy atom. The highest BCUT2D eigenvalue weighted by molar-refractivity contribution is 6.05. The molecule has 0 heterocycles. The molecule has 0 fully saturated rings. The summed E-state index contributed by atoms with van der Waals surface area (Å²) in [7, 11) is 0. The summed E-state index contributed by atoms with van der Waals surface area (Å²) in [6.07, 6.45) is 0.412. The van der Waals surface area contributed by atoms with Crippen molar-refractivity contribution in [2.75, 3.05) is 0 Å². The van der Waals surface area contributed by atoms with Crippen LogP contribution < -0.4 is 0 Å². The molecule has 4 heteroatoms. The van der Waals surface area contributed by atoms with Crippen molar-refractivity contribution in [3.63, 3.8) is 0 Å². The molecule has 4 nitrogen and oxygen atoms in total. The molecule has 0 amide bonds. The number of esters is 1. The maximum atomic E-state index is 11.2. The van der Waals surface area contributed by atoms with E-state index in [-0.39, 0.29) is 30.5 Å². The summed E-state index contributed by atoms with van der Waals surface area (Å²) in [6.45, 7) is 5.34. The number of carbonyl (C=O) groups is 3. The maximum absolute atomic E-state index is 11.2. The molecular weight excluding hydrogens is 196 g/mol. The highest BCUT2D eigenvalue weighted by Gasteiger charge is 2.15. The molecule has 0 radical (unpaired) electrons. The molecule has 0 aromatic carbocycles. The number of hydrogen-bond acceptors (Lipinski definition) is 4. The zero-order chi connectivity index (χ0) is 11.8. The van der Waals surface area contributed by atoms with Gasteiger partial charge in [-0.2, -0.15) is 0 Å². The van der Waals surface area contributed by atoms with Gasteiger partial charge in [0, 0.05) is 6.42 Å². The van der Waals surface area contributed by atoms with Crippen molar-refractivity contribution in [2.45, 2.75) is 52.6 Å². The molecule has 0 bridgehead atoms. The minimum absolute atomic E-state index is 0.142. The highest BCUT2D eigenvalue weighted by atomic mass is 16.5. The molecule has 86 valence electrons. The van der Waals surface area contributed by atoms with Gasteiger partial charge in [-0.25, -0.2) is 0 Å². The van der Waals surface area contributed by atoms with Crippen molar-refractivity contribution >= 4 is 17.5 Å².